The number of hydrogen-bond acceptors (Lipinski definition) is 4. The van der Waals surface area contributed by atoms with Crippen molar-refractivity contribution in [3.63, 3.8) is 0 Å². The van der Waals surface area contributed by atoms with Crippen molar-refractivity contribution in [1.82, 2.24) is 19.4 Å². The van der Waals surface area contributed by atoms with Crippen molar-refractivity contribution in [2.45, 2.75) is 31.5 Å². The average molecular weight is 356 g/mol. The van der Waals surface area contributed by atoms with Crippen LogP contribution in [0.1, 0.15) is 18.5 Å². The Kier molecular flexibility index (Phi) is 4.34. The molecule has 0 unspecified atom stereocenters. The van der Waals surface area contributed by atoms with E-state index in [1.54, 1.807) is 18.6 Å². The molecule has 0 spiro atoms. The molecular formula is C19H21FN4O2. The van der Waals surface area contributed by atoms with Crippen LogP contribution in [0.15, 0.2) is 47.8 Å². The van der Waals surface area contributed by atoms with Crippen LogP contribution < -0.4 is 5.43 Å². The van der Waals surface area contributed by atoms with Gasteiger partial charge in [0, 0.05) is 54.7 Å². The van der Waals surface area contributed by atoms with E-state index < -0.39 is 11.4 Å². The number of aromatic amines is 1. The molecule has 136 valence electrons. The maximum atomic E-state index is 13.3. The predicted molar refractivity (Wildman–Crippen MR) is 96.2 cm³/mol. The summed E-state index contributed by atoms with van der Waals surface area (Å²) in [5.41, 5.74) is 0.532. The van der Waals surface area contributed by atoms with Gasteiger partial charge in [-0.2, -0.15) is 0 Å². The summed E-state index contributed by atoms with van der Waals surface area (Å²) in [5, 5.41) is 11.1. The van der Waals surface area contributed by atoms with Crippen LogP contribution in [0.25, 0.3) is 10.9 Å². The third kappa shape index (κ3) is 3.54. The summed E-state index contributed by atoms with van der Waals surface area (Å²) in [6.07, 6.45) is 6.60. The van der Waals surface area contributed by atoms with Gasteiger partial charge in [-0.25, -0.2) is 9.37 Å². The van der Waals surface area contributed by atoms with Gasteiger partial charge in [0.25, 0.3) is 0 Å². The molecule has 0 atom stereocenters. The van der Waals surface area contributed by atoms with Crippen molar-refractivity contribution in [3.05, 3.63) is 64.7 Å². The van der Waals surface area contributed by atoms with Crippen molar-refractivity contribution in [2.75, 3.05) is 13.1 Å². The van der Waals surface area contributed by atoms with Crippen molar-refractivity contribution >= 4 is 10.9 Å². The first-order valence-corrected chi connectivity index (χ1v) is 8.73. The molecular weight excluding hydrogens is 335 g/mol. The molecule has 2 aromatic heterocycles. The van der Waals surface area contributed by atoms with Crippen LogP contribution in [-0.2, 0) is 13.1 Å². The Morgan fingerprint density at radius 2 is 2.08 bits per heavy atom. The third-order valence-corrected chi connectivity index (χ3v) is 5.06. The van der Waals surface area contributed by atoms with Crippen molar-refractivity contribution in [1.29, 1.82) is 0 Å². The van der Waals surface area contributed by atoms with Crippen LogP contribution in [0.4, 0.5) is 4.39 Å². The van der Waals surface area contributed by atoms with Gasteiger partial charge in [0.15, 0.2) is 5.43 Å². The Bertz CT molecular complexity index is 959. The first kappa shape index (κ1) is 16.9. The molecule has 26 heavy (non-hydrogen) atoms. The molecule has 0 amide bonds. The number of fused-ring (bicyclic) bond motifs is 1. The number of aromatic nitrogens is 3. The normalized spacial score (nSPS) is 17.6. The Morgan fingerprint density at radius 1 is 1.27 bits per heavy atom. The van der Waals surface area contributed by atoms with Gasteiger partial charge in [-0.15, -0.1) is 0 Å². The van der Waals surface area contributed by atoms with Gasteiger partial charge in [0.05, 0.1) is 18.5 Å². The second-order valence-corrected chi connectivity index (χ2v) is 7.08. The minimum Gasteiger partial charge on any atom is -0.388 e. The molecule has 6 nitrogen and oxygen atoms in total. The van der Waals surface area contributed by atoms with Crippen molar-refractivity contribution in [2.24, 2.45) is 0 Å². The average Bonchev–Trinajstić information content (AvgIpc) is 3.10. The largest absolute Gasteiger partial charge is 0.388 e. The molecule has 1 aliphatic rings. The molecule has 2 N–H and O–H groups in total. The molecule has 1 aliphatic heterocycles. The van der Waals surface area contributed by atoms with Gasteiger partial charge in [-0.3, -0.25) is 9.69 Å². The van der Waals surface area contributed by atoms with E-state index in [9.17, 15) is 14.3 Å². The highest BCUT2D eigenvalue weighted by Gasteiger charge is 2.32. The molecule has 0 radical (unpaired) electrons. The second kappa shape index (κ2) is 6.66. The summed E-state index contributed by atoms with van der Waals surface area (Å²) in [7, 11) is 0. The van der Waals surface area contributed by atoms with Crippen LogP contribution in [0.2, 0.25) is 0 Å². The summed E-state index contributed by atoms with van der Waals surface area (Å²) >= 11 is 0. The van der Waals surface area contributed by atoms with Gasteiger partial charge in [-0.1, -0.05) is 0 Å². The van der Waals surface area contributed by atoms with Crippen LogP contribution >= 0.6 is 0 Å². The number of imidazole rings is 1. The van der Waals surface area contributed by atoms with Crippen molar-refractivity contribution < 1.29 is 9.50 Å². The molecule has 0 aliphatic carbocycles. The summed E-state index contributed by atoms with van der Waals surface area (Å²) < 4.78 is 15.2. The minimum atomic E-state index is -0.731. The number of halogens is 1. The van der Waals surface area contributed by atoms with E-state index in [4.69, 9.17) is 0 Å². The maximum absolute atomic E-state index is 13.3. The van der Waals surface area contributed by atoms with Gasteiger partial charge in [0.1, 0.15) is 5.82 Å². The highest BCUT2D eigenvalue weighted by atomic mass is 19.1. The van der Waals surface area contributed by atoms with Crippen LogP contribution in [0, 0.1) is 5.82 Å². The number of hydrogen-bond donors (Lipinski definition) is 2. The fourth-order valence-electron chi connectivity index (χ4n) is 3.61. The van der Waals surface area contributed by atoms with Crippen molar-refractivity contribution in [3.8, 4) is 0 Å². The SMILES string of the molecule is O=c1cc(CN2CCC(O)(Cn3ccnc3)CC2)[nH]c2ccc(F)cc12. The smallest absolute Gasteiger partial charge is 0.189 e. The highest BCUT2D eigenvalue weighted by molar-refractivity contribution is 5.78. The van der Waals surface area contributed by atoms with E-state index in [1.165, 1.54) is 18.2 Å². The zero-order valence-corrected chi connectivity index (χ0v) is 14.4. The lowest BCUT2D eigenvalue weighted by atomic mass is 9.91. The van der Waals surface area contributed by atoms with Crippen LogP contribution in [-0.4, -0.2) is 43.2 Å². The molecule has 7 heteroatoms. The van der Waals surface area contributed by atoms with E-state index >= 15 is 0 Å². The number of H-pyrrole nitrogens is 1. The Balaban J connectivity index is 1.43. The Hall–Kier alpha value is -2.51. The van der Waals surface area contributed by atoms with E-state index in [-0.39, 0.29) is 5.43 Å². The standard InChI is InChI=1S/C19H21FN4O2/c20-14-1-2-17-16(9-14)18(25)10-15(22-17)11-23-6-3-19(26,4-7-23)12-24-8-5-21-13-24/h1-2,5,8-10,13,26H,3-4,6-7,11-12H2,(H,22,25). The van der Waals surface area contributed by atoms with E-state index in [0.29, 0.717) is 36.8 Å². The number of likely N-dealkylation sites (tertiary alicyclic amines) is 1. The number of pyridine rings is 1. The summed E-state index contributed by atoms with van der Waals surface area (Å²) in [4.78, 5) is 21.7. The topological polar surface area (TPSA) is 74.2 Å². The quantitative estimate of drug-likeness (QED) is 0.749. The summed E-state index contributed by atoms with van der Waals surface area (Å²) in [5.74, 6) is -0.413. The first-order valence-electron chi connectivity index (χ1n) is 8.73. The number of nitrogens with one attached hydrogen (secondary N) is 1. The molecule has 0 bridgehead atoms. The number of aliphatic hydroxyl groups is 1. The lowest BCUT2D eigenvalue weighted by Crippen LogP contribution is -2.46. The number of piperidine rings is 1. The predicted octanol–water partition coefficient (Wildman–Crippen LogP) is 1.89. The Morgan fingerprint density at radius 3 is 2.81 bits per heavy atom. The lowest BCUT2D eigenvalue weighted by molar-refractivity contribution is -0.0359. The summed E-state index contributed by atoms with van der Waals surface area (Å²) in [6, 6.07) is 5.73. The molecule has 0 saturated carbocycles. The fourth-order valence-corrected chi connectivity index (χ4v) is 3.61. The van der Waals surface area contributed by atoms with Crippen LogP contribution in [0.5, 0.6) is 0 Å². The van der Waals surface area contributed by atoms with E-state index in [0.717, 1.165) is 18.8 Å². The van der Waals surface area contributed by atoms with Gasteiger partial charge in [-0.05, 0) is 31.0 Å². The van der Waals surface area contributed by atoms with Gasteiger partial charge < -0.3 is 14.7 Å². The van der Waals surface area contributed by atoms with Gasteiger partial charge in [0.2, 0.25) is 0 Å². The molecule has 4 rings (SSSR count). The summed E-state index contributed by atoms with van der Waals surface area (Å²) in [6.45, 7) is 2.63. The molecule has 1 saturated heterocycles. The highest BCUT2D eigenvalue weighted by Crippen LogP contribution is 2.25. The zero-order valence-electron chi connectivity index (χ0n) is 14.4. The van der Waals surface area contributed by atoms with Gasteiger partial charge >= 0.3 is 0 Å². The van der Waals surface area contributed by atoms with Crippen LogP contribution in [0.3, 0.4) is 0 Å². The molecule has 1 aromatic carbocycles. The monoisotopic (exact) mass is 356 g/mol. The first-order chi connectivity index (χ1) is 12.5. The van der Waals surface area contributed by atoms with E-state index in [1.807, 2.05) is 10.8 Å². The Labute approximate surface area is 149 Å². The number of benzene rings is 1. The molecule has 3 heterocycles. The zero-order chi connectivity index (χ0) is 18.1. The number of rotatable bonds is 4. The maximum Gasteiger partial charge on any atom is 0.189 e. The lowest BCUT2D eigenvalue weighted by Gasteiger charge is -2.38. The fraction of sp³-hybridized carbons (Fsp3) is 0.368. The molecule has 1 fully saturated rings. The van der Waals surface area contributed by atoms with E-state index in [2.05, 4.69) is 14.9 Å². The third-order valence-electron chi connectivity index (χ3n) is 5.06. The second-order valence-electron chi connectivity index (χ2n) is 7.08. The minimum absolute atomic E-state index is 0.179. The number of nitrogens with zero attached hydrogens (tertiary/aromatic N) is 3. The molecule has 3 aromatic rings.